The summed E-state index contributed by atoms with van der Waals surface area (Å²) >= 11 is 0. The molecule has 1 aromatic heterocycles. The molecule has 3 N–H and O–H groups in total. The lowest BCUT2D eigenvalue weighted by Crippen LogP contribution is -2.37. The molecule has 0 aliphatic heterocycles. The third-order valence-corrected chi connectivity index (χ3v) is 2.48. The number of hydrazine groups is 1. The fourth-order valence-electron chi connectivity index (χ4n) is 1.67. The first kappa shape index (κ1) is 11.3. The van der Waals surface area contributed by atoms with Gasteiger partial charge in [-0.15, -0.1) is 0 Å². The first-order valence-corrected chi connectivity index (χ1v) is 5.09. The maximum Gasteiger partial charge on any atom is 0.272 e. The summed E-state index contributed by atoms with van der Waals surface area (Å²) in [7, 11) is 0. The smallest absolute Gasteiger partial charge is 0.272 e. The van der Waals surface area contributed by atoms with Gasteiger partial charge in [-0.3, -0.25) is 19.6 Å². The van der Waals surface area contributed by atoms with Crippen LogP contribution in [0.15, 0.2) is 29.1 Å². The van der Waals surface area contributed by atoms with Crippen molar-refractivity contribution >= 4 is 16.9 Å². The van der Waals surface area contributed by atoms with E-state index in [1.807, 2.05) is 11.5 Å². The second-order valence-corrected chi connectivity index (χ2v) is 3.64. The van der Waals surface area contributed by atoms with Gasteiger partial charge in [0.25, 0.3) is 11.5 Å². The van der Waals surface area contributed by atoms with Crippen molar-refractivity contribution in [1.82, 2.24) is 15.0 Å². The van der Waals surface area contributed by atoms with Crippen LogP contribution in [0.5, 0.6) is 0 Å². The maximum atomic E-state index is 11.9. The van der Waals surface area contributed by atoms with Crippen molar-refractivity contribution in [3.63, 3.8) is 0 Å². The Morgan fingerprint density at radius 1 is 1.47 bits per heavy atom. The zero-order chi connectivity index (χ0) is 12.4. The van der Waals surface area contributed by atoms with Gasteiger partial charge < -0.3 is 0 Å². The van der Waals surface area contributed by atoms with E-state index in [-0.39, 0.29) is 12.1 Å². The van der Waals surface area contributed by atoms with Crippen LogP contribution in [-0.4, -0.2) is 15.5 Å². The monoisotopic (exact) mass is 232 g/mol. The zero-order valence-electron chi connectivity index (χ0n) is 9.30. The molecule has 0 saturated carbocycles. The molecule has 1 amide bonds. The van der Waals surface area contributed by atoms with E-state index < -0.39 is 5.91 Å². The third-order valence-electron chi connectivity index (χ3n) is 2.48. The first-order valence-electron chi connectivity index (χ1n) is 5.09. The molecule has 0 spiro atoms. The van der Waals surface area contributed by atoms with Crippen LogP contribution in [0.3, 0.4) is 0 Å². The van der Waals surface area contributed by atoms with Gasteiger partial charge in [0, 0.05) is 0 Å². The summed E-state index contributed by atoms with van der Waals surface area (Å²) in [6, 6.07) is 7.15. The summed E-state index contributed by atoms with van der Waals surface area (Å²) in [5.41, 5.74) is 3.37. The number of carbonyl (C=O) groups excluding carboxylic acids is 1. The second kappa shape index (κ2) is 4.34. The van der Waals surface area contributed by atoms with Gasteiger partial charge in [0.05, 0.1) is 11.0 Å². The minimum Gasteiger partial charge on any atom is -0.296 e. The van der Waals surface area contributed by atoms with E-state index >= 15 is 0 Å². The first-order chi connectivity index (χ1) is 8.13. The van der Waals surface area contributed by atoms with Gasteiger partial charge in [-0.2, -0.15) is 0 Å². The minimum atomic E-state index is -0.428. The molecule has 0 fully saturated rings. The number of benzene rings is 1. The normalized spacial score (nSPS) is 10.5. The van der Waals surface area contributed by atoms with E-state index in [4.69, 9.17) is 5.84 Å². The number of hydrogen-bond acceptors (Lipinski definition) is 4. The van der Waals surface area contributed by atoms with Crippen LogP contribution in [0.2, 0.25) is 0 Å². The Bertz CT molecular complexity index is 633. The number of amides is 1. The summed E-state index contributed by atoms with van der Waals surface area (Å²) in [5, 5.41) is 0. The molecule has 0 saturated heterocycles. The number of rotatable bonds is 2. The number of fused-ring (bicyclic) bond motifs is 1. The van der Waals surface area contributed by atoms with Gasteiger partial charge in [0.1, 0.15) is 12.2 Å². The number of aryl methyl sites for hydroxylation is 1. The van der Waals surface area contributed by atoms with Gasteiger partial charge in [-0.1, -0.05) is 12.1 Å². The quantitative estimate of drug-likeness (QED) is 0.422. The molecule has 1 heterocycles. The van der Waals surface area contributed by atoms with Crippen LogP contribution in [0.1, 0.15) is 5.69 Å². The molecule has 2 aromatic rings. The van der Waals surface area contributed by atoms with Crippen molar-refractivity contribution in [3.05, 3.63) is 40.3 Å². The lowest BCUT2D eigenvalue weighted by Gasteiger charge is -2.09. The Morgan fingerprint density at radius 2 is 2.18 bits per heavy atom. The number of carbonyl (C=O) groups is 1. The van der Waals surface area contributed by atoms with Crippen molar-refractivity contribution in [3.8, 4) is 0 Å². The van der Waals surface area contributed by atoms with Gasteiger partial charge in [0.2, 0.25) is 0 Å². The predicted octanol–water partition coefficient (Wildman–Crippen LogP) is -0.305. The van der Waals surface area contributed by atoms with Crippen molar-refractivity contribution in [2.75, 3.05) is 0 Å². The zero-order valence-corrected chi connectivity index (χ0v) is 9.30. The van der Waals surface area contributed by atoms with E-state index in [1.54, 1.807) is 25.1 Å². The topological polar surface area (TPSA) is 90.0 Å². The Morgan fingerprint density at radius 3 is 2.88 bits per heavy atom. The SMILES string of the molecule is Cc1nc2ccccc2n(CC(=O)NN)c1=O. The Balaban J connectivity index is 2.70. The molecular weight excluding hydrogens is 220 g/mol. The molecule has 0 unspecified atom stereocenters. The van der Waals surface area contributed by atoms with E-state index in [0.29, 0.717) is 16.7 Å². The highest BCUT2D eigenvalue weighted by Gasteiger charge is 2.10. The largest absolute Gasteiger partial charge is 0.296 e. The number of hydrogen-bond donors (Lipinski definition) is 2. The third kappa shape index (κ3) is 2.02. The average molecular weight is 232 g/mol. The standard InChI is InChI=1S/C11H12N4O2/c1-7-11(17)15(6-10(16)14-12)9-5-3-2-4-8(9)13-7/h2-5H,6,12H2,1H3,(H,14,16). The summed E-state index contributed by atoms with van der Waals surface area (Å²) in [6.45, 7) is 1.50. The maximum absolute atomic E-state index is 11.9. The van der Waals surface area contributed by atoms with E-state index in [0.717, 1.165) is 0 Å². The molecule has 0 aliphatic rings. The van der Waals surface area contributed by atoms with Crippen molar-refractivity contribution in [1.29, 1.82) is 0 Å². The lowest BCUT2D eigenvalue weighted by atomic mass is 10.2. The molecule has 2 rings (SSSR count). The van der Waals surface area contributed by atoms with Crippen LogP contribution in [0.4, 0.5) is 0 Å². The summed E-state index contributed by atoms with van der Waals surface area (Å²) in [4.78, 5) is 27.4. The van der Waals surface area contributed by atoms with Gasteiger partial charge in [-0.05, 0) is 19.1 Å². The Hall–Kier alpha value is -2.21. The fourth-order valence-corrected chi connectivity index (χ4v) is 1.67. The van der Waals surface area contributed by atoms with Crippen molar-refractivity contribution < 1.29 is 4.79 Å². The van der Waals surface area contributed by atoms with Crippen molar-refractivity contribution in [2.45, 2.75) is 13.5 Å². The van der Waals surface area contributed by atoms with Crippen LogP contribution in [-0.2, 0) is 11.3 Å². The predicted molar refractivity (Wildman–Crippen MR) is 63.1 cm³/mol. The Kier molecular flexibility index (Phi) is 2.88. The fraction of sp³-hybridized carbons (Fsp3) is 0.182. The number of nitrogens with zero attached hydrogens (tertiary/aromatic N) is 2. The van der Waals surface area contributed by atoms with E-state index in [2.05, 4.69) is 4.98 Å². The van der Waals surface area contributed by atoms with Crippen LogP contribution in [0.25, 0.3) is 11.0 Å². The molecule has 6 heteroatoms. The Labute approximate surface area is 97.0 Å². The van der Waals surface area contributed by atoms with Crippen LogP contribution < -0.4 is 16.8 Å². The molecule has 0 atom stereocenters. The number of para-hydroxylation sites is 2. The number of nitrogens with one attached hydrogen (secondary N) is 1. The molecule has 88 valence electrons. The van der Waals surface area contributed by atoms with Crippen molar-refractivity contribution in [2.24, 2.45) is 5.84 Å². The lowest BCUT2D eigenvalue weighted by molar-refractivity contribution is -0.121. The van der Waals surface area contributed by atoms with Crippen LogP contribution in [0, 0.1) is 6.92 Å². The molecule has 0 radical (unpaired) electrons. The highest BCUT2D eigenvalue weighted by Crippen LogP contribution is 2.09. The van der Waals surface area contributed by atoms with Gasteiger partial charge >= 0.3 is 0 Å². The van der Waals surface area contributed by atoms with Crippen LogP contribution >= 0.6 is 0 Å². The minimum absolute atomic E-state index is 0.112. The molecule has 0 aliphatic carbocycles. The van der Waals surface area contributed by atoms with Gasteiger partial charge in [0.15, 0.2) is 0 Å². The molecule has 17 heavy (non-hydrogen) atoms. The average Bonchev–Trinajstić information content (AvgIpc) is 2.34. The molecular formula is C11H12N4O2. The molecule has 1 aromatic carbocycles. The van der Waals surface area contributed by atoms with E-state index in [1.165, 1.54) is 4.57 Å². The highest BCUT2D eigenvalue weighted by molar-refractivity contribution is 5.79. The second-order valence-electron chi connectivity index (χ2n) is 3.64. The summed E-state index contributed by atoms with van der Waals surface area (Å²) < 4.78 is 1.36. The summed E-state index contributed by atoms with van der Waals surface area (Å²) in [5.74, 6) is 4.59. The molecule has 6 nitrogen and oxygen atoms in total. The summed E-state index contributed by atoms with van der Waals surface area (Å²) in [6.07, 6.45) is 0. The highest BCUT2D eigenvalue weighted by atomic mass is 16.2. The van der Waals surface area contributed by atoms with E-state index in [9.17, 15) is 9.59 Å². The molecule has 0 bridgehead atoms. The van der Waals surface area contributed by atoms with Gasteiger partial charge in [-0.25, -0.2) is 10.8 Å². The number of aromatic nitrogens is 2. The number of nitrogens with two attached hydrogens (primary N) is 1.